The van der Waals surface area contributed by atoms with E-state index in [1.807, 2.05) is 30.5 Å². The Balaban J connectivity index is 1.66. The van der Waals surface area contributed by atoms with Crippen molar-refractivity contribution in [1.29, 1.82) is 0 Å². The van der Waals surface area contributed by atoms with Crippen molar-refractivity contribution >= 4 is 17.3 Å². The number of aryl methyl sites for hydroxylation is 3. The van der Waals surface area contributed by atoms with E-state index in [4.69, 9.17) is 16.6 Å². The Labute approximate surface area is 200 Å². The second-order valence-electron chi connectivity index (χ2n) is 8.74. The average Bonchev–Trinajstić information content (AvgIpc) is 3.50. The number of rotatable bonds is 5. The van der Waals surface area contributed by atoms with Gasteiger partial charge in [-0.05, 0) is 86.9 Å². The third kappa shape index (κ3) is 3.74. The molecule has 0 unspecified atom stereocenters. The summed E-state index contributed by atoms with van der Waals surface area (Å²) in [7, 11) is 0. The van der Waals surface area contributed by atoms with Crippen molar-refractivity contribution in [3.05, 3.63) is 107 Å². The SMILES string of the molecule is Cc1cccc(C)c1-n1c(C)cc([C@H]2[C@@H](c3ccccn3)NC(=S)N2Cc2ccco2)c1C. The first-order chi connectivity index (χ1) is 16.0. The number of thiocarbonyl (C=S) groups is 1. The molecule has 168 valence electrons. The lowest BCUT2D eigenvalue weighted by atomic mass is 9.96. The largest absolute Gasteiger partial charge is 0.467 e. The number of benzene rings is 1. The van der Waals surface area contributed by atoms with E-state index >= 15 is 0 Å². The fourth-order valence-electron chi connectivity index (χ4n) is 5.07. The maximum Gasteiger partial charge on any atom is 0.170 e. The van der Waals surface area contributed by atoms with E-state index in [9.17, 15) is 0 Å². The summed E-state index contributed by atoms with van der Waals surface area (Å²) in [6.45, 7) is 9.33. The number of para-hydroxylation sites is 1. The van der Waals surface area contributed by atoms with Gasteiger partial charge in [-0.3, -0.25) is 4.98 Å². The van der Waals surface area contributed by atoms with Gasteiger partial charge in [-0.15, -0.1) is 0 Å². The van der Waals surface area contributed by atoms with Crippen LogP contribution >= 0.6 is 12.2 Å². The van der Waals surface area contributed by atoms with Gasteiger partial charge in [0, 0.05) is 17.6 Å². The lowest BCUT2D eigenvalue weighted by Crippen LogP contribution is -2.29. The third-order valence-electron chi connectivity index (χ3n) is 6.56. The van der Waals surface area contributed by atoms with Crippen LogP contribution in [0.3, 0.4) is 0 Å². The highest BCUT2D eigenvalue weighted by Gasteiger charge is 2.41. The molecule has 0 saturated carbocycles. The van der Waals surface area contributed by atoms with E-state index in [0.29, 0.717) is 11.7 Å². The molecule has 0 bridgehead atoms. The summed E-state index contributed by atoms with van der Waals surface area (Å²) < 4.78 is 8.06. The third-order valence-corrected chi connectivity index (χ3v) is 6.91. The summed E-state index contributed by atoms with van der Waals surface area (Å²) in [6, 6.07) is 18.6. The summed E-state index contributed by atoms with van der Waals surface area (Å²) in [5, 5.41) is 4.26. The van der Waals surface area contributed by atoms with Gasteiger partial charge in [0.05, 0.1) is 36.3 Å². The molecule has 0 spiro atoms. The Hall–Kier alpha value is -3.38. The Kier molecular flexibility index (Phi) is 5.54. The first-order valence-corrected chi connectivity index (χ1v) is 11.6. The summed E-state index contributed by atoms with van der Waals surface area (Å²) in [4.78, 5) is 6.90. The number of nitrogens with zero attached hydrogens (tertiary/aromatic N) is 3. The fraction of sp³-hybridized carbons (Fsp3) is 0.259. The van der Waals surface area contributed by atoms with Crippen molar-refractivity contribution < 1.29 is 4.42 Å². The second kappa shape index (κ2) is 8.52. The normalized spacial score (nSPS) is 18.1. The number of hydrogen-bond donors (Lipinski definition) is 1. The molecular weight excluding hydrogens is 428 g/mol. The summed E-state index contributed by atoms with van der Waals surface area (Å²) in [5.74, 6) is 0.884. The summed E-state index contributed by atoms with van der Waals surface area (Å²) in [5.41, 5.74) is 8.41. The Morgan fingerprint density at radius 1 is 1.00 bits per heavy atom. The lowest BCUT2D eigenvalue weighted by Gasteiger charge is -2.27. The zero-order chi connectivity index (χ0) is 23.1. The van der Waals surface area contributed by atoms with E-state index in [0.717, 1.165) is 11.5 Å². The van der Waals surface area contributed by atoms with Gasteiger partial charge >= 0.3 is 0 Å². The Bertz CT molecular complexity index is 1270. The van der Waals surface area contributed by atoms with Gasteiger partial charge in [0.2, 0.25) is 0 Å². The van der Waals surface area contributed by atoms with Gasteiger partial charge < -0.3 is 19.2 Å². The number of nitrogens with one attached hydrogen (secondary N) is 1. The van der Waals surface area contributed by atoms with E-state index < -0.39 is 0 Å². The van der Waals surface area contributed by atoms with Gasteiger partial charge in [0.1, 0.15) is 5.76 Å². The van der Waals surface area contributed by atoms with Crippen LogP contribution in [0, 0.1) is 27.7 Å². The van der Waals surface area contributed by atoms with Crippen LogP contribution in [0.15, 0.2) is 71.5 Å². The van der Waals surface area contributed by atoms with Gasteiger partial charge in [-0.2, -0.15) is 0 Å². The predicted molar refractivity (Wildman–Crippen MR) is 134 cm³/mol. The van der Waals surface area contributed by atoms with E-state index in [1.165, 1.54) is 33.8 Å². The van der Waals surface area contributed by atoms with Crippen LogP contribution in [-0.4, -0.2) is 19.6 Å². The van der Waals surface area contributed by atoms with Gasteiger partial charge in [-0.1, -0.05) is 24.3 Å². The topological polar surface area (TPSA) is 46.2 Å². The Morgan fingerprint density at radius 3 is 2.45 bits per heavy atom. The highest BCUT2D eigenvalue weighted by atomic mass is 32.1. The molecule has 1 aliphatic heterocycles. The van der Waals surface area contributed by atoms with Crippen LogP contribution in [0.25, 0.3) is 5.69 Å². The molecule has 1 N–H and O–H groups in total. The molecule has 0 amide bonds. The molecule has 6 heteroatoms. The molecule has 4 heterocycles. The quantitative estimate of drug-likeness (QED) is 0.381. The highest BCUT2D eigenvalue weighted by Crippen LogP contribution is 2.42. The first kappa shape index (κ1) is 21.5. The smallest absolute Gasteiger partial charge is 0.170 e. The van der Waals surface area contributed by atoms with Crippen LogP contribution < -0.4 is 5.32 Å². The molecule has 0 radical (unpaired) electrons. The van der Waals surface area contributed by atoms with Crippen LogP contribution in [0.4, 0.5) is 0 Å². The highest BCUT2D eigenvalue weighted by molar-refractivity contribution is 7.80. The van der Waals surface area contributed by atoms with E-state index in [1.54, 1.807) is 6.26 Å². The predicted octanol–water partition coefficient (Wildman–Crippen LogP) is 5.87. The van der Waals surface area contributed by atoms with Crippen molar-refractivity contribution in [3.63, 3.8) is 0 Å². The molecule has 33 heavy (non-hydrogen) atoms. The maximum absolute atomic E-state index is 5.82. The minimum absolute atomic E-state index is 0.0122. The van der Waals surface area contributed by atoms with Crippen molar-refractivity contribution in [2.75, 3.05) is 0 Å². The zero-order valence-corrected chi connectivity index (χ0v) is 20.2. The van der Waals surface area contributed by atoms with E-state index in [-0.39, 0.29) is 12.1 Å². The molecular formula is C27H28N4OS. The van der Waals surface area contributed by atoms with E-state index in [2.05, 4.69) is 77.8 Å². The molecule has 2 atom stereocenters. The number of pyridine rings is 1. The zero-order valence-electron chi connectivity index (χ0n) is 19.4. The average molecular weight is 457 g/mol. The number of hydrogen-bond acceptors (Lipinski definition) is 3. The maximum atomic E-state index is 5.82. The molecule has 1 saturated heterocycles. The van der Waals surface area contributed by atoms with Gasteiger partial charge in [0.25, 0.3) is 0 Å². The molecule has 4 aromatic rings. The molecule has 1 aliphatic rings. The molecule has 5 rings (SSSR count). The Morgan fingerprint density at radius 2 is 1.79 bits per heavy atom. The fourth-order valence-corrected chi connectivity index (χ4v) is 5.38. The number of aromatic nitrogens is 2. The van der Waals surface area contributed by atoms with Crippen molar-refractivity contribution in [1.82, 2.24) is 19.8 Å². The summed E-state index contributed by atoms with van der Waals surface area (Å²) >= 11 is 5.82. The van der Waals surface area contributed by atoms with Crippen molar-refractivity contribution in [2.24, 2.45) is 0 Å². The van der Waals surface area contributed by atoms with Gasteiger partial charge in [0.15, 0.2) is 5.11 Å². The standard InChI is InChI=1S/C27H28N4OS/c1-17-9-7-10-18(2)25(17)31-19(3)15-22(20(31)4)26-24(23-12-5-6-13-28-23)29-27(33)30(26)16-21-11-8-14-32-21/h5-15,24,26H,16H2,1-4H3,(H,29,33)/t24-,26+/m1/s1. The molecule has 0 aliphatic carbocycles. The van der Waals surface area contributed by atoms with Crippen LogP contribution in [0.2, 0.25) is 0 Å². The van der Waals surface area contributed by atoms with Crippen LogP contribution in [0.1, 0.15) is 51.6 Å². The monoisotopic (exact) mass is 456 g/mol. The van der Waals surface area contributed by atoms with Crippen molar-refractivity contribution in [2.45, 2.75) is 46.3 Å². The van der Waals surface area contributed by atoms with Crippen molar-refractivity contribution in [3.8, 4) is 5.69 Å². The lowest BCUT2D eigenvalue weighted by molar-refractivity contribution is 0.286. The van der Waals surface area contributed by atoms with Gasteiger partial charge in [-0.25, -0.2) is 0 Å². The second-order valence-corrected chi connectivity index (χ2v) is 9.12. The summed E-state index contributed by atoms with van der Waals surface area (Å²) in [6.07, 6.45) is 3.55. The van der Waals surface area contributed by atoms with Crippen LogP contribution in [0.5, 0.6) is 0 Å². The molecule has 1 fully saturated rings. The van der Waals surface area contributed by atoms with Crippen LogP contribution in [-0.2, 0) is 6.54 Å². The molecule has 5 nitrogen and oxygen atoms in total. The first-order valence-electron chi connectivity index (χ1n) is 11.2. The number of furan rings is 1. The molecule has 1 aromatic carbocycles. The minimum Gasteiger partial charge on any atom is -0.467 e. The minimum atomic E-state index is -0.0550. The molecule has 3 aromatic heterocycles.